The van der Waals surface area contributed by atoms with Crippen LogP contribution in [0, 0.1) is 0 Å². The summed E-state index contributed by atoms with van der Waals surface area (Å²) in [5, 5.41) is 3.08. The monoisotopic (exact) mass is 270 g/mol. The highest BCUT2D eigenvalue weighted by atomic mass is 32.2. The lowest BCUT2D eigenvalue weighted by Crippen LogP contribution is -2.38. The second-order valence-electron chi connectivity index (χ2n) is 4.10. The van der Waals surface area contributed by atoms with Crippen LogP contribution in [-0.4, -0.2) is 53.7 Å². The van der Waals surface area contributed by atoms with E-state index in [1.165, 1.54) is 0 Å². The fraction of sp³-hybridized carbons (Fsp3) is 1.00. The number of hydrogen-bond acceptors (Lipinski definition) is 5. The van der Waals surface area contributed by atoms with Crippen LogP contribution >= 0.6 is 0 Å². The van der Waals surface area contributed by atoms with Crippen molar-refractivity contribution in [3.63, 3.8) is 0 Å². The van der Waals surface area contributed by atoms with E-state index >= 15 is 0 Å². The molecule has 1 aliphatic heterocycles. The molecule has 6 nitrogen and oxygen atoms in total. The molecule has 1 rings (SSSR count). The minimum atomic E-state index is -3.36. The Kier molecular flexibility index (Phi) is 4.72. The lowest BCUT2D eigenvalue weighted by atomic mass is 10.3. The fourth-order valence-corrected chi connectivity index (χ4v) is 3.55. The molecule has 16 heavy (non-hydrogen) atoms. The van der Waals surface area contributed by atoms with Gasteiger partial charge in [-0.2, -0.15) is 0 Å². The lowest BCUT2D eigenvalue weighted by molar-refractivity contribution is 0.565. The number of nitrogens with one attached hydrogen (secondary N) is 2. The zero-order valence-corrected chi connectivity index (χ0v) is 10.9. The Bertz CT molecular complexity index is 409. The van der Waals surface area contributed by atoms with Crippen molar-refractivity contribution in [2.24, 2.45) is 0 Å². The van der Waals surface area contributed by atoms with Gasteiger partial charge in [-0.25, -0.2) is 21.6 Å². The van der Waals surface area contributed by atoms with Crippen LogP contribution in [0.25, 0.3) is 0 Å². The van der Waals surface area contributed by atoms with Gasteiger partial charge in [0.05, 0.1) is 11.5 Å². The highest BCUT2D eigenvalue weighted by Crippen LogP contribution is 2.06. The molecule has 1 aliphatic rings. The zero-order chi connectivity index (χ0) is 12.2. The molecule has 0 radical (unpaired) electrons. The molecule has 0 aromatic carbocycles. The highest BCUT2D eigenvalue weighted by molar-refractivity contribution is 7.91. The largest absolute Gasteiger partial charge is 0.313 e. The average Bonchev–Trinajstić information content (AvgIpc) is 2.52. The van der Waals surface area contributed by atoms with Gasteiger partial charge in [0.1, 0.15) is 9.84 Å². The van der Waals surface area contributed by atoms with E-state index in [4.69, 9.17) is 0 Å². The van der Waals surface area contributed by atoms with Crippen LogP contribution in [0.5, 0.6) is 0 Å². The maximum atomic E-state index is 11.5. The summed E-state index contributed by atoms with van der Waals surface area (Å²) in [4.78, 5) is 0. The Balaban J connectivity index is 2.34. The number of hydrogen-bond donors (Lipinski definition) is 2. The summed E-state index contributed by atoms with van der Waals surface area (Å²) >= 11 is 0. The number of rotatable bonds is 6. The van der Waals surface area contributed by atoms with Gasteiger partial charge in [-0.05, 0) is 19.4 Å². The third-order valence-electron chi connectivity index (χ3n) is 2.38. The molecule has 0 amide bonds. The molecule has 2 N–H and O–H groups in total. The van der Waals surface area contributed by atoms with Crippen LogP contribution in [0.4, 0.5) is 0 Å². The van der Waals surface area contributed by atoms with E-state index in [1.54, 1.807) is 0 Å². The van der Waals surface area contributed by atoms with E-state index < -0.39 is 19.9 Å². The van der Waals surface area contributed by atoms with E-state index in [1.807, 2.05) is 0 Å². The molecule has 96 valence electrons. The third kappa shape index (κ3) is 5.78. The summed E-state index contributed by atoms with van der Waals surface area (Å²) in [6.45, 7) is 0.803. The molecule has 8 heteroatoms. The van der Waals surface area contributed by atoms with Crippen LogP contribution in [0.15, 0.2) is 0 Å². The van der Waals surface area contributed by atoms with E-state index in [-0.39, 0.29) is 24.1 Å². The Morgan fingerprint density at radius 3 is 2.50 bits per heavy atom. The van der Waals surface area contributed by atoms with Gasteiger partial charge in [-0.1, -0.05) is 0 Å². The Hall–Kier alpha value is -0.180. The molecular formula is C8H18N2O4S2. The van der Waals surface area contributed by atoms with Gasteiger partial charge in [-0.3, -0.25) is 0 Å². The first-order chi connectivity index (χ1) is 7.29. The first-order valence-corrected chi connectivity index (χ1v) is 8.88. The zero-order valence-electron chi connectivity index (χ0n) is 9.27. The fourth-order valence-electron chi connectivity index (χ4n) is 1.61. The normalized spacial score (nSPS) is 22.4. The summed E-state index contributed by atoms with van der Waals surface area (Å²) in [5.41, 5.74) is 0. The molecular weight excluding hydrogens is 252 g/mol. The second-order valence-corrected chi connectivity index (χ2v) is 8.21. The van der Waals surface area contributed by atoms with Gasteiger partial charge in [0, 0.05) is 18.8 Å². The molecule has 1 atom stereocenters. The average molecular weight is 270 g/mol. The second kappa shape index (κ2) is 5.44. The first kappa shape index (κ1) is 13.9. The molecule has 0 aliphatic carbocycles. The van der Waals surface area contributed by atoms with Gasteiger partial charge in [0.15, 0.2) is 0 Å². The molecule has 0 aromatic heterocycles. The van der Waals surface area contributed by atoms with Crippen LogP contribution in [0.1, 0.15) is 12.8 Å². The number of sulfonamides is 1. The van der Waals surface area contributed by atoms with Crippen LogP contribution in [0.2, 0.25) is 0 Å². The smallest absolute Gasteiger partial charge is 0.213 e. The van der Waals surface area contributed by atoms with Crippen molar-refractivity contribution in [1.82, 2.24) is 10.0 Å². The van der Waals surface area contributed by atoms with E-state index in [2.05, 4.69) is 10.0 Å². The highest BCUT2D eigenvalue weighted by Gasteiger charge is 2.21. The molecule has 1 fully saturated rings. The molecule has 1 heterocycles. The quantitative estimate of drug-likeness (QED) is 0.626. The van der Waals surface area contributed by atoms with Gasteiger partial charge in [0.2, 0.25) is 10.0 Å². The van der Waals surface area contributed by atoms with Gasteiger partial charge < -0.3 is 5.32 Å². The van der Waals surface area contributed by atoms with Crippen molar-refractivity contribution in [2.45, 2.75) is 18.9 Å². The molecule has 1 saturated heterocycles. The third-order valence-corrected chi connectivity index (χ3v) is 4.81. The SMILES string of the molecule is CS(=O)(=O)CCNS(=O)(=O)CC1CCCN1. The maximum absolute atomic E-state index is 11.5. The topological polar surface area (TPSA) is 92.3 Å². The summed E-state index contributed by atoms with van der Waals surface area (Å²) in [5.74, 6) is -0.138. The standard InChI is InChI=1S/C8H18N2O4S2/c1-15(11,12)6-5-10-16(13,14)7-8-3-2-4-9-8/h8-10H,2-7H2,1H3. The van der Waals surface area contributed by atoms with Crippen LogP contribution < -0.4 is 10.0 Å². The lowest BCUT2D eigenvalue weighted by Gasteiger charge is -2.11. The molecule has 0 spiro atoms. The van der Waals surface area contributed by atoms with E-state index in [0.717, 1.165) is 25.6 Å². The van der Waals surface area contributed by atoms with Crippen molar-refractivity contribution in [2.75, 3.05) is 30.9 Å². The van der Waals surface area contributed by atoms with Gasteiger partial charge in [-0.15, -0.1) is 0 Å². The van der Waals surface area contributed by atoms with Crippen molar-refractivity contribution < 1.29 is 16.8 Å². The Morgan fingerprint density at radius 1 is 1.31 bits per heavy atom. The first-order valence-electron chi connectivity index (χ1n) is 5.17. The maximum Gasteiger partial charge on any atom is 0.213 e. The molecule has 0 aromatic rings. The summed E-state index contributed by atoms with van der Waals surface area (Å²) < 4.78 is 47.0. The summed E-state index contributed by atoms with van der Waals surface area (Å²) in [6.07, 6.45) is 2.93. The van der Waals surface area contributed by atoms with Crippen molar-refractivity contribution in [3.05, 3.63) is 0 Å². The van der Waals surface area contributed by atoms with E-state index in [0.29, 0.717) is 0 Å². The molecule has 0 bridgehead atoms. The Morgan fingerprint density at radius 2 is 2.00 bits per heavy atom. The predicted octanol–water partition coefficient (Wildman–Crippen LogP) is -1.30. The number of sulfone groups is 1. The minimum Gasteiger partial charge on any atom is -0.313 e. The molecule has 1 unspecified atom stereocenters. The summed E-state index contributed by atoms with van der Waals surface area (Å²) in [6, 6.07) is -0.00395. The summed E-state index contributed by atoms with van der Waals surface area (Å²) in [7, 11) is -6.48. The van der Waals surface area contributed by atoms with Gasteiger partial charge >= 0.3 is 0 Å². The molecule has 0 saturated carbocycles. The predicted molar refractivity (Wildman–Crippen MR) is 62.5 cm³/mol. The minimum absolute atomic E-state index is 0.00395. The van der Waals surface area contributed by atoms with Gasteiger partial charge in [0.25, 0.3) is 0 Å². The van der Waals surface area contributed by atoms with Crippen LogP contribution in [0.3, 0.4) is 0 Å². The van der Waals surface area contributed by atoms with Crippen molar-refractivity contribution in [3.8, 4) is 0 Å². The van der Waals surface area contributed by atoms with Crippen LogP contribution in [-0.2, 0) is 19.9 Å². The van der Waals surface area contributed by atoms with E-state index in [9.17, 15) is 16.8 Å². The van der Waals surface area contributed by atoms with Crippen molar-refractivity contribution in [1.29, 1.82) is 0 Å². The van der Waals surface area contributed by atoms with Crippen molar-refractivity contribution >= 4 is 19.9 Å². The Labute approximate surface area is 96.8 Å².